The van der Waals surface area contributed by atoms with Crippen molar-refractivity contribution in [1.29, 1.82) is 0 Å². The predicted octanol–water partition coefficient (Wildman–Crippen LogP) is 3.00. The van der Waals surface area contributed by atoms with Crippen molar-refractivity contribution in [3.63, 3.8) is 0 Å². The maximum atomic E-state index is 13.2. The Hall–Kier alpha value is -3.81. The molecule has 0 spiro atoms. The minimum Gasteiger partial charge on any atom is -0.497 e. The van der Waals surface area contributed by atoms with Gasteiger partial charge in [0, 0.05) is 36.6 Å². The number of nitrogens with two attached hydrogens (primary N) is 1. The zero-order valence-corrected chi connectivity index (χ0v) is 18.5. The second kappa shape index (κ2) is 8.61. The maximum Gasteiger partial charge on any atom is 0.270 e. The second-order valence-electron chi connectivity index (χ2n) is 8.57. The highest BCUT2D eigenvalue weighted by Crippen LogP contribution is 2.35. The number of nitrogens with zero attached hydrogens (tertiary/aromatic N) is 3. The molecule has 2 aliphatic heterocycles. The number of ether oxygens (including phenoxy) is 1. The Balaban J connectivity index is 1.29. The number of carbonyl (C=O) groups excluding carboxylic acids is 2. The number of hydrogen-bond acceptors (Lipinski definition) is 5. The number of para-hydroxylation sites is 1. The van der Waals surface area contributed by atoms with Crippen molar-refractivity contribution in [2.45, 2.75) is 31.2 Å². The summed E-state index contributed by atoms with van der Waals surface area (Å²) in [5.41, 5.74) is 9.10. The number of aromatic amines is 1. The fourth-order valence-electron chi connectivity index (χ4n) is 4.84. The van der Waals surface area contributed by atoms with E-state index in [1.54, 1.807) is 12.1 Å². The summed E-state index contributed by atoms with van der Waals surface area (Å²) < 4.78 is 5.39. The second-order valence-corrected chi connectivity index (χ2v) is 8.57. The number of H-pyrrole nitrogens is 1. The Kier molecular flexibility index (Phi) is 5.50. The zero-order chi connectivity index (χ0) is 22.9. The fraction of sp³-hybridized carbons (Fsp3) is 0.320. The molecule has 2 aromatic carbocycles. The number of fused-ring (bicyclic) bond motifs is 1. The van der Waals surface area contributed by atoms with E-state index in [0.717, 1.165) is 29.8 Å². The molecule has 1 atom stereocenters. The lowest BCUT2D eigenvalue weighted by Gasteiger charge is -2.32. The molecule has 8 heteroatoms. The molecule has 33 heavy (non-hydrogen) atoms. The first-order valence-electron chi connectivity index (χ1n) is 11.2. The van der Waals surface area contributed by atoms with E-state index in [1.165, 1.54) is 10.9 Å². The highest BCUT2D eigenvalue weighted by Gasteiger charge is 2.37. The third kappa shape index (κ3) is 3.92. The van der Waals surface area contributed by atoms with Gasteiger partial charge in [0.15, 0.2) is 0 Å². The SMILES string of the molecule is COc1ccc2[nH]cc(C3CCN(C(=O)C4=NN(c5ccccc5)C(C(N)=O)C4)CC3)c2c1. The molecule has 5 rings (SSSR count). The molecule has 0 bridgehead atoms. The van der Waals surface area contributed by atoms with Crippen molar-refractivity contribution < 1.29 is 14.3 Å². The topological polar surface area (TPSA) is 104 Å². The summed E-state index contributed by atoms with van der Waals surface area (Å²) in [5.74, 6) is 0.597. The van der Waals surface area contributed by atoms with Crippen molar-refractivity contribution in [1.82, 2.24) is 9.88 Å². The van der Waals surface area contributed by atoms with E-state index in [1.807, 2.05) is 47.4 Å². The van der Waals surface area contributed by atoms with Crippen LogP contribution in [-0.4, -0.2) is 53.7 Å². The summed E-state index contributed by atoms with van der Waals surface area (Å²) in [6.45, 7) is 1.29. The zero-order valence-electron chi connectivity index (χ0n) is 18.5. The molecule has 0 saturated carbocycles. The van der Waals surface area contributed by atoms with Crippen molar-refractivity contribution in [2.75, 3.05) is 25.2 Å². The van der Waals surface area contributed by atoms with Gasteiger partial charge in [0.25, 0.3) is 5.91 Å². The average molecular weight is 446 g/mol. The molecule has 1 saturated heterocycles. The third-order valence-corrected chi connectivity index (χ3v) is 6.65. The summed E-state index contributed by atoms with van der Waals surface area (Å²) >= 11 is 0. The smallest absolute Gasteiger partial charge is 0.270 e. The summed E-state index contributed by atoms with van der Waals surface area (Å²) in [6.07, 6.45) is 4.03. The molecule has 0 aliphatic carbocycles. The van der Waals surface area contributed by atoms with Crippen molar-refractivity contribution in [2.24, 2.45) is 10.8 Å². The number of anilines is 1. The van der Waals surface area contributed by atoms with Crippen LogP contribution in [0.2, 0.25) is 0 Å². The van der Waals surface area contributed by atoms with Crippen LogP contribution in [0.1, 0.15) is 30.7 Å². The maximum absolute atomic E-state index is 13.2. The van der Waals surface area contributed by atoms with Gasteiger partial charge in [-0.05, 0) is 54.7 Å². The van der Waals surface area contributed by atoms with Crippen molar-refractivity contribution >= 4 is 34.1 Å². The van der Waals surface area contributed by atoms with Gasteiger partial charge >= 0.3 is 0 Å². The van der Waals surface area contributed by atoms with E-state index < -0.39 is 11.9 Å². The number of nitrogens with one attached hydrogen (secondary N) is 1. The Morgan fingerprint density at radius 2 is 1.88 bits per heavy atom. The lowest BCUT2D eigenvalue weighted by Crippen LogP contribution is -2.42. The fourth-order valence-corrected chi connectivity index (χ4v) is 4.84. The van der Waals surface area contributed by atoms with Crippen molar-refractivity contribution in [3.05, 3.63) is 60.3 Å². The number of piperidine rings is 1. The Morgan fingerprint density at radius 1 is 1.12 bits per heavy atom. The molecular weight excluding hydrogens is 418 g/mol. The number of rotatable bonds is 5. The quantitative estimate of drug-likeness (QED) is 0.630. The largest absolute Gasteiger partial charge is 0.497 e. The standard InChI is InChI=1S/C25H27N5O3/c1-33-18-7-8-21-19(13-18)20(15-27-21)16-9-11-29(12-10-16)25(32)22-14-23(24(26)31)30(28-22)17-5-3-2-4-6-17/h2-8,13,15-16,23,27H,9-12,14H2,1H3,(H2,26,31). The molecule has 1 fully saturated rings. The van der Waals surface area contributed by atoms with E-state index in [-0.39, 0.29) is 12.3 Å². The number of methoxy groups -OCH3 is 1. The molecule has 0 radical (unpaired) electrons. The number of likely N-dealkylation sites (tertiary alicyclic amines) is 1. The number of hydrazone groups is 1. The number of amides is 2. The van der Waals surface area contributed by atoms with Crippen LogP contribution in [0, 0.1) is 0 Å². The molecule has 1 aromatic heterocycles. The lowest BCUT2D eigenvalue weighted by atomic mass is 9.89. The van der Waals surface area contributed by atoms with E-state index in [9.17, 15) is 9.59 Å². The highest BCUT2D eigenvalue weighted by atomic mass is 16.5. The van der Waals surface area contributed by atoms with Gasteiger partial charge in [0.1, 0.15) is 17.5 Å². The summed E-state index contributed by atoms with van der Waals surface area (Å²) in [5, 5.41) is 7.24. The molecule has 3 heterocycles. The number of primary amides is 1. The highest BCUT2D eigenvalue weighted by molar-refractivity contribution is 6.40. The monoisotopic (exact) mass is 445 g/mol. The van der Waals surface area contributed by atoms with Gasteiger partial charge in [-0.1, -0.05) is 18.2 Å². The van der Waals surface area contributed by atoms with Gasteiger partial charge in [-0.15, -0.1) is 0 Å². The van der Waals surface area contributed by atoms with Crippen LogP contribution in [-0.2, 0) is 9.59 Å². The molecule has 3 N–H and O–H groups in total. The van der Waals surface area contributed by atoms with E-state index in [0.29, 0.717) is 24.7 Å². The Labute approximate surface area is 192 Å². The molecular formula is C25H27N5O3. The molecule has 8 nitrogen and oxygen atoms in total. The van der Waals surface area contributed by atoms with Gasteiger partial charge in [0.2, 0.25) is 5.91 Å². The first-order chi connectivity index (χ1) is 16.0. The van der Waals surface area contributed by atoms with Crippen LogP contribution < -0.4 is 15.5 Å². The van der Waals surface area contributed by atoms with E-state index in [4.69, 9.17) is 10.5 Å². The molecule has 2 aliphatic rings. The van der Waals surface area contributed by atoms with Gasteiger partial charge < -0.3 is 20.4 Å². The van der Waals surface area contributed by atoms with Crippen LogP contribution in [0.4, 0.5) is 5.69 Å². The summed E-state index contributed by atoms with van der Waals surface area (Å²) in [4.78, 5) is 30.4. The normalized spacial score (nSPS) is 19.1. The van der Waals surface area contributed by atoms with Crippen LogP contribution >= 0.6 is 0 Å². The van der Waals surface area contributed by atoms with Gasteiger partial charge in [-0.2, -0.15) is 5.10 Å². The number of aromatic nitrogens is 1. The Bertz CT molecular complexity index is 1210. The van der Waals surface area contributed by atoms with Gasteiger partial charge in [0.05, 0.1) is 12.8 Å². The molecule has 1 unspecified atom stereocenters. The third-order valence-electron chi connectivity index (χ3n) is 6.65. The van der Waals surface area contributed by atoms with Crippen LogP contribution in [0.5, 0.6) is 5.75 Å². The Morgan fingerprint density at radius 3 is 2.58 bits per heavy atom. The van der Waals surface area contributed by atoms with Crippen LogP contribution in [0.3, 0.4) is 0 Å². The minimum atomic E-state index is -0.648. The minimum absolute atomic E-state index is 0.112. The van der Waals surface area contributed by atoms with Crippen molar-refractivity contribution in [3.8, 4) is 5.75 Å². The first kappa shape index (κ1) is 21.1. The molecule has 2 amide bonds. The number of benzene rings is 2. The van der Waals surface area contributed by atoms with Crippen LogP contribution in [0.25, 0.3) is 10.9 Å². The number of carbonyl (C=O) groups is 2. The first-order valence-corrected chi connectivity index (χ1v) is 11.2. The van der Waals surface area contributed by atoms with Crippen LogP contribution in [0.15, 0.2) is 59.8 Å². The lowest BCUT2D eigenvalue weighted by molar-refractivity contribution is -0.125. The summed E-state index contributed by atoms with van der Waals surface area (Å²) in [7, 11) is 1.67. The average Bonchev–Trinajstić information content (AvgIpc) is 3.49. The number of hydrogen-bond donors (Lipinski definition) is 2. The molecule has 170 valence electrons. The van der Waals surface area contributed by atoms with Gasteiger partial charge in [-0.3, -0.25) is 14.6 Å². The predicted molar refractivity (Wildman–Crippen MR) is 127 cm³/mol. The van der Waals surface area contributed by atoms with E-state index >= 15 is 0 Å². The summed E-state index contributed by atoms with van der Waals surface area (Å²) in [6, 6.07) is 14.7. The van der Waals surface area contributed by atoms with Gasteiger partial charge in [-0.25, -0.2) is 0 Å². The van der Waals surface area contributed by atoms with E-state index in [2.05, 4.69) is 22.3 Å². The molecule has 3 aromatic rings.